The van der Waals surface area contributed by atoms with Crippen LogP contribution in [0.3, 0.4) is 0 Å². The summed E-state index contributed by atoms with van der Waals surface area (Å²) in [5.41, 5.74) is 2.43. The summed E-state index contributed by atoms with van der Waals surface area (Å²) >= 11 is 0. The average molecular weight is 226 g/mol. The van der Waals surface area contributed by atoms with Gasteiger partial charge in [-0.3, -0.25) is 0 Å². The molecule has 0 aliphatic heterocycles. The second kappa shape index (κ2) is 5.13. The number of rotatable bonds is 3. The zero-order chi connectivity index (χ0) is 12.1. The van der Waals surface area contributed by atoms with E-state index < -0.39 is 0 Å². The molecule has 0 radical (unpaired) electrons. The molecule has 1 N–H and O–H groups in total. The van der Waals surface area contributed by atoms with Crippen LogP contribution in [-0.2, 0) is 6.54 Å². The average Bonchev–Trinajstić information content (AvgIpc) is 2.37. The molecule has 0 saturated heterocycles. The first-order valence-corrected chi connectivity index (χ1v) is 5.26. The Hall–Kier alpha value is -2.34. The van der Waals surface area contributed by atoms with Gasteiger partial charge in [-0.2, -0.15) is 5.26 Å². The lowest BCUT2D eigenvalue weighted by atomic mass is 10.1. The highest BCUT2D eigenvalue weighted by Gasteiger charge is 1.96. The topological polar surface area (TPSA) is 35.8 Å². The van der Waals surface area contributed by atoms with Crippen LogP contribution in [0.2, 0.25) is 0 Å². The van der Waals surface area contributed by atoms with E-state index in [1.807, 2.05) is 18.2 Å². The predicted octanol–water partition coefficient (Wildman–Crippen LogP) is 3.31. The summed E-state index contributed by atoms with van der Waals surface area (Å²) in [6.45, 7) is 0.606. The van der Waals surface area contributed by atoms with Crippen molar-refractivity contribution in [3.63, 3.8) is 0 Å². The van der Waals surface area contributed by atoms with E-state index in [1.54, 1.807) is 18.2 Å². The third kappa shape index (κ3) is 3.05. The molecule has 0 fully saturated rings. The highest BCUT2D eigenvalue weighted by Crippen LogP contribution is 2.11. The molecule has 3 heteroatoms. The van der Waals surface area contributed by atoms with Gasteiger partial charge in [0.2, 0.25) is 0 Å². The molecule has 0 amide bonds. The molecule has 2 rings (SSSR count). The van der Waals surface area contributed by atoms with Crippen molar-refractivity contribution in [2.75, 3.05) is 5.32 Å². The van der Waals surface area contributed by atoms with Gasteiger partial charge in [0.1, 0.15) is 5.82 Å². The summed E-state index contributed by atoms with van der Waals surface area (Å²) in [6, 6.07) is 15.7. The number of nitriles is 1. The quantitative estimate of drug-likeness (QED) is 0.871. The summed E-state index contributed by atoms with van der Waals surface area (Å²) in [6.07, 6.45) is 0. The van der Waals surface area contributed by atoms with Gasteiger partial charge in [0.15, 0.2) is 0 Å². The lowest BCUT2D eigenvalue weighted by Crippen LogP contribution is -1.99. The summed E-state index contributed by atoms with van der Waals surface area (Å²) < 4.78 is 12.9. The van der Waals surface area contributed by atoms with E-state index in [9.17, 15) is 4.39 Å². The Bertz CT molecular complexity index is 541. The molecule has 0 spiro atoms. The predicted molar refractivity (Wildman–Crippen MR) is 64.9 cm³/mol. The van der Waals surface area contributed by atoms with Gasteiger partial charge in [-0.25, -0.2) is 4.39 Å². The normalized spacial score (nSPS) is 9.65. The van der Waals surface area contributed by atoms with Crippen LogP contribution in [0.15, 0.2) is 48.5 Å². The van der Waals surface area contributed by atoms with E-state index in [0.717, 1.165) is 11.3 Å². The van der Waals surface area contributed by atoms with E-state index in [1.165, 1.54) is 12.1 Å². The summed E-state index contributed by atoms with van der Waals surface area (Å²) in [7, 11) is 0. The summed E-state index contributed by atoms with van der Waals surface area (Å²) in [4.78, 5) is 0. The molecule has 2 nitrogen and oxygen atoms in total. The van der Waals surface area contributed by atoms with Crippen LogP contribution in [0.5, 0.6) is 0 Å². The van der Waals surface area contributed by atoms with Crippen LogP contribution in [0.25, 0.3) is 0 Å². The van der Waals surface area contributed by atoms with Gasteiger partial charge in [0.05, 0.1) is 11.6 Å². The molecule has 2 aromatic carbocycles. The number of hydrogen-bond donors (Lipinski definition) is 1. The number of anilines is 1. The van der Waals surface area contributed by atoms with Crippen LogP contribution in [0.1, 0.15) is 11.1 Å². The first-order chi connectivity index (χ1) is 8.28. The van der Waals surface area contributed by atoms with Crippen molar-refractivity contribution >= 4 is 5.69 Å². The van der Waals surface area contributed by atoms with Crippen molar-refractivity contribution < 1.29 is 4.39 Å². The van der Waals surface area contributed by atoms with E-state index in [0.29, 0.717) is 12.1 Å². The standard InChI is InChI=1S/C14H11FN2/c15-13-2-1-3-14(8-13)17-10-12-6-4-11(9-16)5-7-12/h1-8,17H,10H2. The Kier molecular flexibility index (Phi) is 3.37. The Morgan fingerprint density at radius 1 is 1.12 bits per heavy atom. The maximum atomic E-state index is 12.9. The van der Waals surface area contributed by atoms with Gasteiger partial charge >= 0.3 is 0 Å². The molecule has 0 atom stereocenters. The van der Waals surface area contributed by atoms with Crippen LogP contribution in [0.4, 0.5) is 10.1 Å². The Morgan fingerprint density at radius 3 is 2.53 bits per heavy atom. The number of halogens is 1. The van der Waals surface area contributed by atoms with Crippen LogP contribution in [-0.4, -0.2) is 0 Å². The lowest BCUT2D eigenvalue weighted by Gasteiger charge is -2.06. The maximum Gasteiger partial charge on any atom is 0.125 e. The minimum absolute atomic E-state index is 0.255. The zero-order valence-corrected chi connectivity index (χ0v) is 9.15. The molecule has 0 unspecified atom stereocenters. The summed E-state index contributed by atoms with van der Waals surface area (Å²) in [5.74, 6) is -0.255. The minimum Gasteiger partial charge on any atom is -0.381 e. The number of hydrogen-bond acceptors (Lipinski definition) is 2. The number of nitrogens with zero attached hydrogens (tertiary/aromatic N) is 1. The van der Waals surface area contributed by atoms with Crippen molar-refractivity contribution in [3.05, 3.63) is 65.5 Å². The van der Waals surface area contributed by atoms with Gasteiger partial charge in [0, 0.05) is 12.2 Å². The van der Waals surface area contributed by atoms with E-state index >= 15 is 0 Å². The number of nitrogens with one attached hydrogen (secondary N) is 1. The summed E-state index contributed by atoms with van der Waals surface area (Å²) in [5, 5.41) is 11.8. The van der Waals surface area contributed by atoms with Gasteiger partial charge in [-0.15, -0.1) is 0 Å². The first-order valence-electron chi connectivity index (χ1n) is 5.26. The fraction of sp³-hybridized carbons (Fsp3) is 0.0714. The Morgan fingerprint density at radius 2 is 1.88 bits per heavy atom. The van der Waals surface area contributed by atoms with Crippen LogP contribution in [0, 0.1) is 17.1 Å². The molecular formula is C14H11FN2. The largest absolute Gasteiger partial charge is 0.381 e. The number of benzene rings is 2. The molecule has 0 aromatic heterocycles. The third-order valence-corrected chi connectivity index (χ3v) is 2.40. The second-order valence-corrected chi connectivity index (χ2v) is 3.67. The molecule has 0 bridgehead atoms. The van der Waals surface area contributed by atoms with Gasteiger partial charge in [-0.1, -0.05) is 18.2 Å². The first kappa shape index (κ1) is 11.2. The fourth-order valence-corrected chi connectivity index (χ4v) is 1.50. The van der Waals surface area contributed by atoms with Gasteiger partial charge in [0.25, 0.3) is 0 Å². The molecule has 0 heterocycles. The maximum absolute atomic E-state index is 12.9. The van der Waals surface area contributed by atoms with E-state index in [2.05, 4.69) is 11.4 Å². The van der Waals surface area contributed by atoms with Gasteiger partial charge < -0.3 is 5.32 Å². The SMILES string of the molecule is N#Cc1ccc(CNc2cccc(F)c2)cc1. The molecule has 0 saturated carbocycles. The highest BCUT2D eigenvalue weighted by atomic mass is 19.1. The fourth-order valence-electron chi connectivity index (χ4n) is 1.50. The molecule has 84 valence electrons. The Balaban J connectivity index is 2.00. The monoisotopic (exact) mass is 226 g/mol. The lowest BCUT2D eigenvalue weighted by molar-refractivity contribution is 0.628. The van der Waals surface area contributed by atoms with E-state index in [-0.39, 0.29) is 5.82 Å². The van der Waals surface area contributed by atoms with Crippen molar-refractivity contribution in [2.45, 2.75) is 6.54 Å². The van der Waals surface area contributed by atoms with Crippen molar-refractivity contribution in [2.24, 2.45) is 0 Å². The zero-order valence-electron chi connectivity index (χ0n) is 9.15. The molecule has 2 aromatic rings. The Labute approximate surface area is 99.3 Å². The van der Waals surface area contributed by atoms with Crippen LogP contribution < -0.4 is 5.32 Å². The molecule has 0 aliphatic rings. The molecular weight excluding hydrogens is 215 g/mol. The third-order valence-electron chi connectivity index (χ3n) is 2.40. The van der Waals surface area contributed by atoms with Gasteiger partial charge in [-0.05, 0) is 35.9 Å². The smallest absolute Gasteiger partial charge is 0.125 e. The van der Waals surface area contributed by atoms with Crippen molar-refractivity contribution in [1.82, 2.24) is 0 Å². The minimum atomic E-state index is -0.255. The van der Waals surface area contributed by atoms with Crippen LogP contribution >= 0.6 is 0 Å². The van der Waals surface area contributed by atoms with E-state index in [4.69, 9.17) is 5.26 Å². The second-order valence-electron chi connectivity index (χ2n) is 3.67. The van der Waals surface area contributed by atoms with Crippen molar-refractivity contribution in [1.29, 1.82) is 5.26 Å². The highest BCUT2D eigenvalue weighted by molar-refractivity contribution is 5.44. The van der Waals surface area contributed by atoms with Crippen molar-refractivity contribution in [3.8, 4) is 6.07 Å². The molecule has 17 heavy (non-hydrogen) atoms. The molecule has 0 aliphatic carbocycles.